The summed E-state index contributed by atoms with van der Waals surface area (Å²) < 4.78 is 13.8. The van der Waals surface area contributed by atoms with E-state index in [0.29, 0.717) is 5.82 Å². The Morgan fingerprint density at radius 2 is 0.844 bits per heavy atom. The maximum absolute atomic E-state index is 6.54. The number of nitrogens with zero attached hydrogens (tertiary/aromatic N) is 4. The minimum Gasteiger partial charge on any atom is -0.456 e. The van der Waals surface area contributed by atoms with Crippen LogP contribution in [0.2, 0.25) is 0 Å². The van der Waals surface area contributed by atoms with Crippen LogP contribution in [0.1, 0.15) is 0 Å². The molecule has 6 heteroatoms. The molecule has 5 nitrogen and oxygen atoms in total. The second-order valence-electron chi connectivity index (χ2n) is 16.5. The fourth-order valence-electron chi connectivity index (χ4n) is 10.1. The van der Waals surface area contributed by atoms with Crippen LogP contribution in [-0.2, 0) is 0 Å². The van der Waals surface area contributed by atoms with Gasteiger partial charge in [0, 0.05) is 80.6 Å². The number of fused-ring (bicyclic) bond motifs is 13. The highest BCUT2D eigenvalue weighted by molar-refractivity contribution is 7.26. The van der Waals surface area contributed by atoms with E-state index in [1.54, 1.807) is 0 Å². The van der Waals surface area contributed by atoms with Crippen LogP contribution in [-0.4, -0.2) is 19.1 Å². The molecule has 0 bridgehead atoms. The summed E-state index contributed by atoms with van der Waals surface area (Å²) in [7, 11) is 0. The van der Waals surface area contributed by atoms with E-state index in [1.807, 2.05) is 11.3 Å². The van der Waals surface area contributed by atoms with Gasteiger partial charge in [0.15, 0.2) is 5.82 Å². The molecule has 0 saturated heterocycles. The van der Waals surface area contributed by atoms with Crippen molar-refractivity contribution in [2.24, 2.45) is 0 Å². The molecule has 0 spiro atoms. The molecule has 14 aromatic rings. The first-order chi connectivity index (χ1) is 31.7. The summed E-state index contributed by atoms with van der Waals surface area (Å²) >= 11 is 1.82. The summed E-state index contributed by atoms with van der Waals surface area (Å²) in [4.78, 5) is 10.9. The van der Waals surface area contributed by atoms with Gasteiger partial charge in [-0.3, -0.25) is 0 Å². The Morgan fingerprint density at radius 3 is 1.47 bits per heavy atom. The minimum atomic E-state index is 0.657. The highest BCUT2D eigenvalue weighted by atomic mass is 32.1. The Labute approximate surface area is 370 Å². The van der Waals surface area contributed by atoms with E-state index >= 15 is 0 Å². The monoisotopic (exact) mass is 834 g/mol. The van der Waals surface area contributed by atoms with E-state index in [-0.39, 0.29) is 0 Å². The SMILES string of the molecule is c1ccc(-n2c3ccccc3c3cc(-c4cc(-c5ccc6c(c5)c5ccccc5n6-c5ccccc5)nc(-c5ccc6oc7ccc8sc9ccccc9c8c7c6c5)n4)ccc32)cc1. The van der Waals surface area contributed by atoms with E-state index in [0.717, 1.165) is 72.4 Å². The molecule has 0 saturated carbocycles. The lowest BCUT2D eigenvalue weighted by molar-refractivity contribution is 0.669. The molecule has 0 unspecified atom stereocenters. The summed E-state index contributed by atoms with van der Waals surface area (Å²) in [5.74, 6) is 0.657. The number of hydrogen-bond acceptors (Lipinski definition) is 4. The fraction of sp³-hybridized carbons (Fsp3) is 0. The summed E-state index contributed by atoms with van der Waals surface area (Å²) in [6.45, 7) is 0. The number of benzene rings is 9. The average Bonchev–Trinajstić information content (AvgIpc) is 4.11. The van der Waals surface area contributed by atoms with Crippen molar-refractivity contribution in [3.05, 3.63) is 206 Å². The molecule has 9 aromatic carbocycles. The third kappa shape index (κ3) is 5.24. The van der Waals surface area contributed by atoms with Crippen molar-refractivity contribution in [3.8, 4) is 45.3 Å². The zero-order valence-electron chi connectivity index (χ0n) is 34.2. The van der Waals surface area contributed by atoms with Crippen LogP contribution >= 0.6 is 11.3 Å². The summed E-state index contributed by atoms with van der Waals surface area (Å²) in [6, 6.07) is 73.5. The van der Waals surface area contributed by atoms with Gasteiger partial charge in [-0.15, -0.1) is 11.3 Å². The van der Waals surface area contributed by atoms with Gasteiger partial charge >= 0.3 is 0 Å². The lowest BCUT2D eigenvalue weighted by Gasteiger charge is -2.11. The lowest BCUT2D eigenvalue weighted by Crippen LogP contribution is -1.97. The molecule has 0 aliphatic rings. The van der Waals surface area contributed by atoms with Crippen molar-refractivity contribution < 1.29 is 4.42 Å². The van der Waals surface area contributed by atoms with Crippen molar-refractivity contribution in [1.29, 1.82) is 0 Å². The molecule has 14 rings (SSSR count). The average molecular weight is 835 g/mol. The Kier molecular flexibility index (Phi) is 7.49. The molecule has 298 valence electrons. The highest BCUT2D eigenvalue weighted by Gasteiger charge is 2.20. The van der Waals surface area contributed by atoms with Crippen LogP contribution in [0.4, 0.5) is 0 Å². The Bertz CT molecular complexity index is 4020. The van der Waals surface area contributed by atoms with Gasteiger partial charge in [0.1, 0.15) is 11.2 Å². The van der Waals surface area contributed by atoms with E-state index in [4.69, 9.17) is 14.4 Å². The van der Waals surface area contributed by atoms with Crippen molar-refractivity contribution in [2.75, 3.05) is 0 Å². The van der Waals surface area contributed by atoms with E-state index in [9.17, 15) is 0 Å². The number of furan rings is 1. The van der Waals surface area contributed by atoms with Crippen molar-refractivity contribution >= 4 is 97.1 Å². The van der Waals surface area contributed by atoms with Crippen molar-refractivity contribution in [3.63, 3.8) is 0 Å². The molecule has 0 aliphatic carbocycles. The minimum absolute atomic E-state index is 0.657. The molecular weight excluding hydrogens is 801 g/mol. The second kappa shape index (κ2) is 13.6. The van der Waals surface area contributed by atoms with Gasteiger partial charge in [0.2, 0.25) is 0 Å². The van der Waals surface area contributed by atoms with Crippen molar-refractivity contribution in [2.45, 2.75) is 0 Å². The Morgan fingerprint density at radius 1 is 0.344 bits per heavy atom. The van der Waals surface area contributed by atoms with Crippen LogP contribution in [0, 0.1) is 0 Å². The number of para-hydroxylation sites is 4. The van der Waals surface area contributed by atoms with Crippen LogP contribution < -0.4 is 0 Å². The van der Waals surface area contributed by atoms with E-state index < -0.39 is 0 Å². The molecule has 0 N–H and O–H groups in total. The topological polar surface area (TPSA) is 48.8 Å². The predicted octanol–water partition coefficient (Wildman–Crippen LogP) is 15.9. The molecule has 0 amide bonds. The normalized spacial score (nSPS) is 12.1. The van der Waals surface area contributed by atoms with Gasteiger partial charge in [0.25, 0.3) is 0 Å². The van der Waals surface area contributed by atoms with Crippen LogP contribution in [0.25, 0.3) is 131 Å². The number of rotatable bonds is 5. The first-order valence-electron chi connectivity index (χ1n) is 21.6. The Hall–Kier alpha value is -8.32. The summed E-state index contributed by atoms with van der Waals surface area (Å²) in [5.41, 5.74) is 13.3. The zero-order valence-corrected chi connectivity index (χ0v) is 35.1. The number of aromatic nitrogens is 4. The quantitative estimate of drug-likeness (QED) is 0.174. The number of thiophene rings is 1. The van der Waals surface area contributed by atoms with Gasteiger partial charge in [-0.1, -0.05) is 103 Å². The zero-order chi connectivity index (χ0) is 41.9. The van der Waals surface area contributed by atoms with Gasteiger partial charge in [-0.05, 0) is 103 Å². The number of hydrogen-bond donors (Lipinski definition) is 0. The van der Waals surface area contributed by atoms with Crippen molar-refractivity contribution in [1.82, 2.24) is 19.1 Å². The molecule has 0 radical (unpaired) electrons. The van der Waals surface area contributed by atoms with Crippen LogP contribution in [0.3, 0.4) is 0 Å². The molecule has 0 fully saturated rings. The molecule has 0 aliphatic heterocycles. The summed E-state index contributed by atoms with van der Waals surface area (Å²) in [5, 5.41) is 9.40. The van der Waals surface area contributed by atoms with Crippen LogP contribution in [0.5, 0.6) is 0 Å². The fourth-order valence-corrected chi connectivity index (χ4v) is 11.2. The first-order valence-corrected chi connectivity index (χ1v) is 22.4. The van der Waals surface area contributed by atoms with Gasteiger partial charge in [0.05, 0.1) is 33.5 Å². The largest absolute Gasteiger partial charge is 0.456 e. The lowest BCUT2D eigenvalue weighted by atomic mass is 10.0. The van der Waals surface area contributed by atoms with E-state index in [2.05, 4.69) is 215 Å². The maximum Gasteiger partial charge on any atom is 0.160 e. The summed E-state index contributed by atoms with van der Waals surface area (Å²) in [6.07, 6.45) is 0. The predicted molar refractivity (Wildman–Crippen MR) is 267 cm³/mol. The van der Waals surface area contributed by atoms with E-state index in [1.165, 1.54) is 52.8 Å². The molecule has 0 atom stereocenters. The Balaban J connectivity index is 1.01. The maximum atomic E-state index is 6.54. The van der Waals surface area contributed by atoms with Crippen LogP contribution in [0.15, 0.2) is 211 Å². The molecular formula is C58H34N4OS. The second-order valence-corrected chi connectivity index (χ2v) is 17.6. The first kappa shape index (κ1) is 35.3. The van der Waals surface area contributed by atoms with Gasteiger partial charge in [-0.25, -0.2) is 9.97 Å². The third-order valence-electron chi connectivity index (χ3n) is 12.9. The standard InChI is InChI=1S/C58H34N4OS/c1-3-13-38(14-4-1)61-48-20-10-7-17-40(48)43-31-35(23-26-50(43)61)46-34-47(36-24-27-51-44(32-36)41-18-8-11-21-49(41)62(51)39-15-5-2-6-16-39)60-58(59-46)37-25-28-52-45(33-37)56-53(63-52)29-30-55-57(56)42-19-9-12-22-54(42)64-55/h1-34H. The molecule has 5 aromatic heterocycles. The van der Waals surface area contributed by atoms with Gasteiger partial charge < -0.3 is 13.6 Å². The third-order valence-corrected chi connectivity index (χ3v) is 14.1. The smallest absolute Gasteiger partial charge is 0.160 e. The molecule has 5 heterocycles. The van der Waals surface area contributed by atoms with Gasteiger partial charge in [-0.2, -0.15) is 0 Å². The highest BCUT2D eigenvalue weighted by Crippen LogP contribution is 2.44. The molecule has 64 heavy (non-hydrogen) atoms.